The minimum Gasteiger partial charge on any atom is -0.336 e. The molecule has 4 heteroatoms. The lowest BCUT2D eigenvalue weighted by Crippen LogP contribution is -2.54. The molecule has 0 saturated carbocycles. The van der Waals surface area contributed by atoms with Crippen LogP contribution in [-0.4, -0.2) is 18.5 Å². The third-order valence-electron chi connectivity index (χ3n) is 1.37. The monoisotopic (exact) mass is 144 g/mol. The van der Waals surface area contributed by atoms with Crippen molar-refractivity contribution in [3.63, 3.8) is 0 Å². The highest BCUT2D eigenvalue weighted by Gasteiger charge is 2.20. The predicted octanol–water partition coefficient (Wildman–Crippen LogP) is 0.398. The molecule has 0 radical (unpaired) electrons. The first-order valence-electron chi connectivity index (χ1n) is 3.45. The molecule has 0 aromatic carbocycles. The molecule has 2 N–H and O–H groups in total. The largest absolute Gasteiger partial charge is 0.336 e. The number of urea groups is 1. The molecule has 2 atom stereocenters. The number of carbonyl (C=O) groups excluding carboxylic acids is 1. The van der Waals surface area contributed by atoms with Crippen LogP contribution in [0.3, 0.4) is 0 Å². The van der Waals surface area contributed by atoms with Crippen LogP contribution in [0.25, 0.3) is 0 Å². The Morgan fingerprint density at radius 2 is 2.30 bits per heavy atom. The van der Waals surface area contributed by atoms with Crippen molar-refractivity contribution in [1.82, 2.24) is 10.6 Å². The van der Waals surface area contributed by atoms with Crippen molar-refractivity contribution in [3.05, 3.63) is 0 Å². The molecule has 0 aromatic heterocycles. The smallest absolute Gasteiger partial charge is 0.318 e. The van der Waals surface area contributed by atoms with E-state index in [2.05, 4.69) is 10.6 Å². The van der Waals surface area contributed by atoms with Gasteiger partial charge in [0.2, 0.25) is 0 Å². The maximum atomic E-state index is 10.7. The molecule has 1 fully saturated rings. The fourth-order valence-electron chi connectivity index (χ4n) is 0.885. The van der Waals surface area contributed by atoms with E-state index in [9.17, 15) is 4.79 Å². The summed E-state index contributed by atoms with van der Waals surface area (Å²) in [7, 11) is 0. The van der Waals surface area contributed by atoms with E-state index in [-0.39, 0.29) is 18.5 Å². The summed E-state index contributed by atoms with van der Waals surface area (Å²) in [6, 6.07) is -0.148. The van der Waals surface area contributed by atoms with Crippen LogP contribution in [0.15, 0.2) is 0 Å². The topological polar surface area (TPSA) is 50.4 Å². The highest BCUT2D eigenvalue weighted by molar-refractivity contribution is 5.74. The van der Waals surface area contributed by atoms with Crippen LogP contribution in [0.2, 0.25) is 0 Å². The lowest BCUT2D eigenvalue weighted by molar-refractivity contribution is -0.0464. The third-order valence-corrected chi connectivity index (χ3v) is 1.37. The van der Waals surface area contributed by atoms with Gasteiger partial charge in [0.05, 0.1) is 0 Å². The van der Waals surface area contributed by atoms with E-state index < -0.39 is 0 Å². The maximum absolute atomic E-state index is 10.7. The van der Waals surface area contributed by atoms with E-state index in [0.29, 0.717) is 0 Å². The van der Waals surface area contributed by atoms with E-state index in [4.69, 9.17) is 4.74 Å². The van der Waals surface area contributed by atoms with Crippen LogP contribution in [0.1, 0.15) is 20.3 Å². The maximum Gasteiger partial charge on any atom is 0.318 e. The molecule has 0 aromatic rings. The van der Waals surface area contributed by atoms with Gasteiger partial charge in [-0.15, -0.1) is 0 Å². The fraction of sp³-hybridized carbons (Fsp3) is 0.833. The van der Waals surface area contributed by atoms with Gasteiger partial charge in [-0.25, -0.2) is 4.79 Å². The summed E-state index contributed by atoms with van der Waals surface area (Å²) >= 11 is 0. The zero-order valence-corrected chi connectivity index (χ0v) is 6.18. The lowest BCUT2D eigenvalue weighted by Gasteiger charge is -2.28. The highest BCUT2D eigenvalue weighted by Crippen LogP contribution is 2.01. The van der Waals surface area contributed by atoms with Gasteiger partial charge < -0.3 is 15.4 Å². The Balaban J connectivity index is 2.42. The van der Waals surface area contributed by atoms with Crippen LogP contribution < -0.4 is 10.6 Å². The molecule has 4 nitrogen and oxygen atoms in total. The first-order valence-corrected chi connectivity index (χ1v) is 3.45. The number of carbonyl (C=O) groups is 1. The van der Waals surface area contributed by atoms with E-state index in [0.717, 1.165) is 6.42 Å². The van der Waals surface area contributed by atoms with Crippen LogP contribution >= 0.6 is 0 Å². The molecule has 1 aliphatic rings. The third kappa shape index (κ3) is 1.60. The zero-order chi connectivity index (χ0) is 7.56. The Hall–Kier alpha value is -0.770. The molecule has 1 saturated heterocycles. The number of amides is 2. The second-order valence-electron chi connectivity index (χ2n) is 2.29. The second-order valence-corrected chi connectivity index (χ2v) is 2.29. The molecule has 10 heavy (non-hydrogen) atoms. The first kappa shape index (κ1) is 7.34. The summed E-state index contributed by atoms with van der Waals surface area (Å²) in [5, 5.41) is 5.20. The molecule has 58 valence electrons. The first-order chi connectivity index (χ1) is 4.72. The summed E-state index contributed by atoms with van der Waals surface area (Å²) in [5.74, 6) is 0. The van der Waals surface area contributed by atoms with E-state index in [1.54, 1.807) is 6.92 Å². The van der Waals surface area contributed by atoms with Crippen molar-refractivity contribution in [2.75, 3.05) is 0 Å². The highest BCUT2D eigenvalue weighted by atomic mass is 16.5. The van der Waals surface area contributed by atoms with E-state index >= 15 is 0 Å². The SMILES string of the molecule is CCC1NC(=O)NC(C)O1. The summed E-state index contributed by atoms with van der Waals surface area (Å²) in [6.07, 6.45) is 0.514. The van der Waals surface area contributed by atoms with Gasteiger partial charge in [-0.05, 0) is 13.3 Å². The van der Waals surface area contributed by atoms with Gasteiger partial charge in [-0.2, -0.15) is 0 Å². The van der Waals surface area contributed by atoms with Crippen molar-refractivity contribution < 1.29 is 9.53 Å². The summed E-state index contributed by atoms with van der Waals surface area (Å²) < 4.78 is 5.26. The molecular formula is C6H12N2O2. The minimum atomic E-state index is -0.168. The van der Waals surface area contributed by atoms with Gasteiger partial charge in [0.1, 0.15) is 12.5 Å². The number of rotatable bonds is 1. The van der Waals surface area contributed by atoms with Crippen molar-refractivity contribution in [1.29, 1.82) is 0 Å². The number of ether oxygens (including phenoxy) is 1. The quantitative estimate of drug-likeness (QED) is 0.559. The van der Waals surface area contributed by atoms with Crippen molar-refractivity contribution in [2.24, 2.45) is 0 Å². The van der Waals surface area contributed by atoms with Gasteiger partial charge >= 0.3 is 6.03 Å². The average Bonchev–Trinajstić information content (AvgIpc) is 1.85. The Morgan fingerprint density at radius 3 is 2.80 bits per heavy atom. The molecule has 0 spiro atoms. The second kappa shape index (κ2) is 2.88. The average molecular weight is 144 g/mol. The minimum absolute atomic E-state index is 0.122. The van der Waals surface area contributed by atoms with Crippen LogP contribution in [0.5, 0.6) is 0 Å². The summed E-state index contributed by atoms with van der Waals surface area (Å²) in [5.41, 5.74) is 0. The fourth-order valence-corrected chi connectivity index (χ4v) is 0.885. The zero-order valence-electron chi connectivity index (χ0n) is 6.18. The normalized spacial score (nSPS) is 32.8. The molecule has 0 aliphatic carbocycles. The van der Waals surface area contributed by atoms with Crippen LogP contribution in [0.4, 0.5) is 4.79 Å². The van der Waals surface area contributed by atoms with Crippen molar-refractivity contribution >= 4 is 6.03 Å². The van der Waals surface area contributed by atoms with E-state index in [1.165, 1.54) is 0 Å². The van der Waals surface area contributed by atoms with E-state index in [1.807, 2.05) is 6.92 Å². The number of nitrogens with one attached hydrogen (secondary N) is 2. The van der Waals surface area contributed by atoms with Crippen LogP contribution in [-0.2, 0) is 4.74 Å². The van der Waals surface area contributed by atoms with Gasteiger partial charge in [0, 0.05) is 0 Å². The Morgan fingerprint density at radius 1 is 1.60 bits per heavy atom. The predicted molar refractivity (Wildman–Crippen MR) is 36.3 cm³/mol. The number of hydrogen-bond donors (Lipinski definition) is 2. The standard InChI is InChI=1S/C6H12N2O2/c1-3-5-8-6(9)7-4(2)10-5/h4-5H,3H2,1-2H3,(H2,7,8,9). The Labute approximate surface area is 59.9 Å². The van der Waals surface area contributed by atoms with Gasteiger partial charge in [0.25, 0.3) is 0 Å². The van der Waals surface area contributed by atoms with Gasteiger partial charge in [-0.1, -0.05) is 6.92 Å². The Kier molecular flexibility index (Phi) is 2.11. The summed E-state index contributed by atoms with van der Waals surface area (Å²) in [4.78, 5) is 10.7. The molecule has 2 amide bonds. The Bertz CT molecular complexity index is 138. The van der Waals surface area contributed by atoms with Crippen molar-refractivity contribution in [3.8, 4) is 0 Å². The molecule has 1 rings (SSSR count). The van der Waals surface area contributed by atoms with Crippen LogP contribution in [0, 0.1) is 0 Å². The van der Waals surface area contributed by atoms with Gasteiger partial charge in [0.15, 0.2) is 0 Å². The molecule has 1 aliphatic heterocycles. The molecule has 1 heterocycles. The molecular weight excluding hydrogens is 132 g/mol. The molecule has 2 unspecified atom stereocenters. The van der Waals surface area contributed by atoms with Crippen molar-refractivity contribution in [2.45, 2.75) is 32.7 Å². The number of hydrogen-bond acceptors (Lipinski definition) is 2. The van der Waals surface area contributed by atoms with Gasteiger partial charge in [-0.3, -0.25) is 0 Å². The summed E-state index contributed by atoms with van der Waals surface area (Å²) in [6.45, 7) is 3.77. The molecule has 0 bridgehead atoms. The lowest BCUT2D eigenvalue weighted by atomic mass is 10.4.